The van der Waals surface area contributed by atoms with Gasteiger partial charge in [0.15, 0.2) is 0 Å². The molecule has 0 N–H and O–H groups in total. The minimum atomic E-state index is 0.836. The van der Waals surface area contributed by atoms with Crippen LogP contribution in [-0.2, 0) is 0 Å². The lowest BCUT2D eigenvalue weighted by Crippen LogP contribution is -2.15. The zero-order chi connectivity index (χ0) is 8.97. The Labute approximate surface area is 77.1 Å². The SMILES string of the molecule is CC/C=C(/CC(C)C)C1CCC1. The molecule has 0 atom stereocenters. The van der Waals surface area contributed by atoms with Crippen molar-refractivity contribution in [2.24, 2.45) is 11.8 Å². The Hall–Kier alpha value is -0.260. The molecule has 0 spiro atoms. The van der Waals surface area contributed by atoms with Crippen LogP contribution in [-0.4, -0.2) is 0 Å². The number of hydrogen-bond donors (Lipinski definition) is 0. The molecule has 1 fully saturated rings. The second kappa shape index (κ2) is 4.69. The molecule has 70 valence electrons. The number of allylic oxidation sites excluding steroid dienone is 2. The molecule has 0 nitrogen and oxygen atoms in total. The van der Waals surface area contributed by atoms with Crippen molar-refractivity contribution in [3.8, 4) is 0 Å². The Bertz CT molecular complexity index is 149. The van der Waals surface area contributed by atoms with Gasteiger partial charge >= 0.3 is 0 Å². The summed E-state index contributed by atoms with van der Waals surface area (Å²) in [5.41, 5.74) is 1.75. The summed E-state index contributed by atoms with van der Waals surface area (Å²) in [4.78, 5) is 0. The van der Waals surface area contributed by atoms with Crippen molar-refractivity contribution in [2.75, 3.05) is 0 Å². The first-order chi connectivity index (χ1) is 5.74. The first kappa shape index (κ1) is 9.83. The van der Waals surface area contributed by atoms with Crippen LogP contribution in [0.5, 0.6) is 0 Å². The van der Waals surface area contributed by atoms with Gasteiger partial charge in [-0.25, -0.2) is 0 Å². The van der Waals surface area contributed by atoms with Crippen LogP contribution in [0.3, 0.4) is 0 Å². The summed E-state index contributed by atoms with van der Waals surface area (Å²) in [7, 11) is 0. The molecule has 0 radical (unpaired) electrons. The second-order valence-electron chi connectivity index (χ2n) is 4.41. The average molecular weight is 166 g/mol. The average Bonchev–Trinajstić information content (AvgIpc) is 1.81. The van der Waals surface area contributed by atoms with Gasteiger partial charge in [-0.05, 0) is 37.5 Å². The van der Waals surface area contributed by atoms with E-state index in [1.54, 1.807) is 5.57 Å². The molecule has 0 aromatic rings. The second-order valence-corrected chi connectivity index (χ2v) is 4.41. The normalized spacial score (nSPS) is 19.8. The van der Waals surface area contributed by atoms with Gasteiger partial charge in [-0.1, -0.05) is 38.8 Å². The van der Waals surface area contributed by atoms with Gasteiger partial charge in [-0.3, -0.25) is 0 Å². The van der Waals surface area contributed by atoms with Gasteiger partial charge < -0.3 is 0 Å². The van der Waals surface area contributed by atoms with E-state index in [2.05, 4.69) is 26.8 Å². The van der Waals surface area contributed by atoms with Crippen LogP contribution in [0.25, 0.3) is 0 Å². The summed E-state index contributed by atoms with van der Waals surface area (Å²) in [6.07, 6.45) is 9.39. The van der Waals surface area contributed by atoms with E-state index in [-0.39, 0.29) is 0 Å². The van der Waals surface area contributed by atoms with Gasteiger partial charge in [0.05, 0.1) is 0 Å². The molecule has 0 heteroatoms. The van der Waals surface area contributed by atoms with Gasteiger partial charge in [0.2, 0.25) is 0 Å². The first-order valence-electron chi connectivity index (χ1n) is 5.43. The van der Waals surface area contributed by atoms with Crippen LogP contribution in [0, 0.1) is 11.8 Å². The summed E-state index contributed by atoms with van der Waals surface area (Å²) in [6.45, 7) is 6.89. The lowest BCUT2D eigenvalue weighted by atomic mass is 9.76. The molecule has 0 bridgehead atoms. The molecule has 12 heavy (non-hydrogen) atoms. The molecule has 0 aliphatic heterocycles. The topological polar surface area (TPSA) is 0 Å². The predicted molar refractivity (Wildman–Crippen MR) is 55.2 cm³/mol. The lowest BCUT2D eigenvalue weighted by molar-refractivity contribution is 0.349. The number of rotatable bonds is 4. The van der Waals surface area contributed by atoms with Crippen LogP contribution < -0.4 is 0 Å². The lowest BCUT2D eigenvalue weighted by Gasteiger charge is -2.29. The fourth-order valence-electron chi connectivity index (χ4n) is 1.93. The maximum Gasteiger partial charge on any atom is -0.0203 e. The Morgan fingerprint density at radius 1 is 1.42 bits per heavy atom. The van der Waals surface area contributed by atoms with E-state index < -0.39 is 0 Å². The minimum absolute atomic E-state index is 0.836. The molecular formula is C12H22. The Morgan fingerprint density at radius 3 is 2.42 bits per heavy atom. The maximum absolute atomic E-state index is 2.46. The van der Waals surface area contributed by atoms with Crippen LogP contribution >= 0.6 is 0 Å². The van der Waals surface area contributed by atoms with Crippen LogP contribution in [0.4, 0.5) is 0 Å². The highest BCUT2D eigenvalue weighted by Crippen LogP contribution is 2.36. The summed E-state index contributed by atoms with van der Waals surface area (Å²) < 4.78 is 0. The van der Waals surface area contributed by atoms with Crippen molar-refractivity contribution in [2.45, 2.75) is 52.9 Å². The molecule has 1 rings (SSSR count). The zero-order valence-electron chi connectivity index (χ0n) is 8.77. The Morgan fingerprint density at radius 2 is 2.08 bits per heavy atom. The molecule has 0 heterocycles. The van der Waals surface area contributed by atoms with E-state index >= 15 is 0 Å². The molecule has 1 saturated carbocycles. The van der Waals surface area contributed by atoms with E-state index in [9.17, 15) is 0 Å². The van der Waals surface area contributed by atoms with Crippen molar-refractivity contribution in [1.29, 1.82) is 0 Å². The quantitative estimate of drug-likeness (QED) is 0.550. The Kier molecular flexibility index (Phi) is 3.84. The van der Waals surface area contributed by atoms with Crippen molar-refractivity contribution in [3.63, 3.8) is 0 Å². The fraction of sp³-hybridized carbons (Fsp3) is 0.833. The molecular weight excluding hydrogens is 144 g/mol. The van der Waals surface area contributed by atoms with Crippen molar-refractivity contribution >= 4 is 0 Å². The van der Waals surface area contributed by atoms with Crippen LogP contribution in [0.2, 0.25) is 0 Å². The van der Waals surface area contributed by atoms with E-state index in [4.69, 9.17) is 0 Å². The molecule has 0 unspecified atom stereocenters. The van der Waals surface area contributed by atoms with Gasteiger partial charge in [-0.2, -0.15) is 0 Å². The molecule has 0 saturated heterocycles. The smallest absolute Gasteiger partial charge is 0.0203 e. The highest BCUT2D eigenvalue weighted by atomic mass is 14.3. The predicted octanol–water partition coefficient (Wildman–Crippen LogP) is 4.17. The van der Waals surface area contributed by atoms with E-state index in [0.717, 1.165) is 11.8 Å². The minimum Gasteiger partial charge on any atom is -0.0853 e. The summed E-state index contributed by atoms with van der Waals surface area (Å²) in [5, 5.41) is 0. The van der Waals surface area contributed by atoms with Crippen molar-refractivity contribution in [1.82, 2.24) is 0 Å². The Balaban J connectivity index is 2.42. The zero-order valence-corrected chi connectivity index (χ0v) is 8.77. The van der Waals surface area contributed by atoms with E-state index in [0.29, 0.717) is 0 Å². The summed E-state index contributed by atoms with van der Waals surface area (Å²) in [5.74, 6) is 1.80. The molecule has 0 aromatic heterocycles. The van der Waals surface area contributed by atoms with Crippen molar-refractivity contribution in [3.05, 3.63) is 11.6 Å². The van der Waals surface area contributed by atoms with Crippen LogP contribution in [0.1, 0.15) is 52.9 Å². The summed E-state index contributed by atoms with van der Waals surface area (Å²) in [6, 6.07) is 0. The highest BCUT2D eigenvalue weighted by molar-refractivity contribution is 5.09. The van der Waals surface area contributed by atoms with Gasteiger partial charge in [0.25, 0.3) is 0 Å². The molecule has 0 aromatic carbocycles. The largest absolute Gasteiger partial charge is 0.0853 e. The van der Waals surface area contributed by atoms with Crippen LogP contribution in [0.15, 0.2) is 11.6 Å². The standard InChI is InChI=1S/C12H22/c1-4-6-12(9-10(2)3)11-7-5-8-11/h6,10-11H,4-5,7-9H2,1-3H3/b12-6-. The molecule has 0 amide bonds. The van der Waals surface area contributed by atoms with Gasteiger partial charge in [-0.15, -0.1) is 0 Å². The van der Waals surface area contributed by atoms with E-state index in [1.807, 2.05) is 0 Å². The van der Waals surface area contributed by atoms with Gasteiger partial charge in [0, 0.05) is 0 Å². The molecule has 1 aliphatic carbocycles. The van der Waals surface area contributed by atoms with Gasteiger partial charge in [0.1, 0.15) is 0 Å². The molecule has 1 aliphatic rings. The highest BCUT2D eigenvalue weighted by Gasteiger charge is 2.21. The van der Waals surface area contributed by atoms with E-state index in [1.165, 1.54) is 32.1 Å². The number of hydrogen-bond acceptors (Lipinski definition) is 0. The third-order valence-electron chi connectivity index (χ3n) is 2.74. The third-order valence-corrected chi connectivity index (χ3v) is 2.74. The summed E-state index contributed by atoms with van der Waals surface area (Å²) >= 11 is 0. The third kappa shape index (κ3) is 2.66. The first-order valence-corrected chi connectivity index (χ1v) is 5.43. The maximum atomic E-state index is 2.46. The monoisotopic (exact) mass is 166 g/mol. The fourth-order valence-corrected chi connectivity index (χ4v) is 1.93. The van der Waals surface area contributed by atoms with Crippen molar-refractivity contribution < 1.29 is 0 Å².